The summed E-state index contributed by atoms with van der Waals surface area (Å²) in [5, 5.41) is 12.4. The maximum atomic E-state index is 12.1. The number of anilines is 2. The third kappa shape index (κ3) is 3.21. The Morgan fingerprint density at radius 2 is 1.90 bits per heavy atom. The lowest BCUT2D eigenvalue weighted by atomic mass is 10.1. The van der Waals surface area contributed by atoms with E-state index in [1.165, 1.54) is 24.3 Å². The molecule has 6 heteroatoms. The molecule has 0 unspecified atom stereocenters. The smallest absolute Gasteiger partial charge is 0.255 e. The van der Waals surface area contributed by atoms with Gasteiger partial charge in [-0.2, -0.15) is 5.26 Å². The van der Waals surface area contributed by atoms with Crippen molar-refractivity contribution >= 4 is 40.5 Å². The number of halogens is 2. The van der Waals surface area contributed by atoms with Crippen LogP contribution in [-0.2, 0) is 0 Å². The SMILES string of the molecule is N#Cc1ccc(Cl)cc1NC(=O)c1cc(N)cc(Cl)c1. The summed E-state index contributed by atoms with van der Waals surface area (Å²) in [4.78, 5) is 12.1. The molecule has 1 amide bonds. The van der Waals surface area contributed by atoms with E-state index in [2.05, 4.69) is 5.32 Å². The Labute approximate surface area is 125 Å². The minimum Gasteiger partial charge on any atom is -0.399 e. The number of nitriles is 1. The Morgan fingerprint density at radius 1 is 1.15 bits per heavy atom. The normalized spacial score (nSPS) is 9.85. The molecule has 0 aromatic heterocycles. The molecule has 0 spiro atoms. The maximum Gasteiger partial charge on any atom is 0.255 e. The van der Waals surface area contributed by atoms with Gasteiger partial charge in [0.1, 0.15) is 6.07 Å². The predicted octanol–water partition coefficient (Wildman–Crippen LogP) is 3.70. The van der Waals surface area contributed by atoms with Crippen LogP contribution in [0.3, 0.4) is 0 Å². The number of nitrogens with one attached hydrogen (secondary N) is 1. The molecule has 0 heterocycles. The molecule has 0 aliphatic carbocycles. The average molecular weight is 306 g/mol. The van der Waals surface area contributed by atoms with Gasteiger partial charge in [-0.3, -0.25) is 4.79 Å². The molecule has 100 valence electrons. The zero-order valence-corrected chi connectivity index (χ0v) is 11.7. The van der Waals surface area contributed by atoms with E-state index in [9.17, 15) is 4.79 Å². The highest BCUT2D eigenvalue weighted by molar-refractivity contribution is 6.31. The number of hydrogen-bond acceptors (Lipinski definition) is 3. The van der Waals surface area contributed by atoms with Crippen LogP contribution in [0.5, 0.6) is 0 Å². The Kier molecular flexibility index (Phi) is 4.14. The fourth-order valence-corrected chi connectivity index (χ4v) is 2.07. The van der Waals surface area contributed by atoms with Crippen molar-refractivity contribution in [2.45, 2.75) is 0 Å². The second kappa shape index (κ2) is 5.83. The number of amides is 1. The first-order chi connectivity index (χ1) is 9.49. The molecule has 0 atom stereocenters. The molecule has 4 nitrogen and oxygen atoms in total. The summed E-state index contributed by atoms with van der Waals surface area (Å²) in [6.07, 6.45) is 0. The van der Waals surface area contributed by atoms with Gasteiger partial charge in [-0.05, 0) is 36.4 Å². The summed E-state index contributed by atoms with van der Waals surface area (Å²) < 4.78 is 0. The number of nitrogens with two attached hydrogens (primary N) is 1. The topological polar surface area (TPSA) is 78.9 Å². The van der Waals surface area contributed by atoms with Crippen LogP contribution < -0.4 is 11.1 Å². The van der Waals surface area contributed by atoms with Crippen LogP contribution >= 0.6 is 23.2 Å². The molecule has 2 rings (SSSR count). The van der Waals surface area contributed by atoms with E-state index < -0.39 is 5.91 Å². The van der Waals surface area contributed by atoms with Crippen LogP contribution in [-0.4, -0.2) is 5.91 Å². The summed E-state index contributed by atoms with van der Waals surface area (Å²) in [7, 11) is 0. The lowest BCUT2D eigenvalue weighted by Gasteiger charge is -2.08. The van der Waals surface area contributed by atoms with Crippen LogP contribution in [0, 0.1) is 11.3 Å². The van der Waals surface area contributed by atoms with Gasteiger partial charge in [0, 0.05) is 21.3 Å². The molecule has 0 radical (unpaired) electrons. The minimum atomic E-state index is -0.419. The monoisotopic (exact) mass is 305 g/mol. The van der Waals surface area contributed by atoms with E-state index in [0.717, 1.165) is 0 Å². The fourth-order valence-electron chi connectivity index (χ4n) is 1.66. The summed E-state index contributed by atoms with van der Waals surface area (Å²) >= 11 is 11.7. The highest BCUT2D eigenvalue weighted by Gasteiger charge is 2.11. The highest BCUT2D eigenvalue weighted by Crippen LogP contribution is 2.22. The van der Waals surface area contributed by atoms with Crippen LogP contribution in [0.15, 0.2) is 36.4 Å². The first-order valence-corrected chi connectivity index (χ1v) is 6.32. The second-order valence-electron chi connectivity index (χ2n) is 4.03. The number of carbonyl (C=O) groups is 1. The van der Waals surface area contributed by atoms with Gasteiger partial charge in [0.2, 0.25) is 0 Å². The minimum absolute atomic E-state index is 0.305. The molecular formula is C14H9Cl2N3O. The summed E-state index contributed by atoms with van der Waals surface area (Å²) in [6.45, 7) is 0. The summed E-state index contributed by atoms with van der Waals surface area (Å²) in [5.41, 5.74) is 6.97. The number of nitrogens with zero attached hydrogens (tertiary/aromatic N) is 1. The van der Waals surface area contributed by atoms with Crippen LogP contribution in [0.1, 0.15) is 15.9 Å². The molecule has 0 aliphatic heterocycles. The van der Waals surface area contributed by atoms with Crippen LogP contribution in [0.25, 0.3) is 0 Å². The van der Waals surface area contributed by atoms with Gasteiger partial charge in [-0.1, -0.05) is 23.2 Å². The van der Waals surface area contributed by atoms with Crippen molar-refractivity contribution in [2.24, 2.45) is 0 Å². The third-order valence-electron chi connectivity index (χ3n) is 2.53. The molecule has 0 saturated carbocycles. The van der Waals surface area contributed by atoms with Crippen molar-refractivity contribution in [2.75, 3.05) is 11.1 Å². The van der Waals surface area contributed by atoms with Gasteiger partial charge in [-0.25, -0.2) is 0 Å². The van der Waals surface area contributed by atoms with E-state index >= 15 is 0 Å². The Hall–Kier alpha value is -2.22. The maximum absolute atomic E-state index is 12.1. The van der Waals surface area contributed by atoms with Gasteiger partial charge in [0.15, 0.2) is 0 Å². The van der Waals surface area contributed by atoms with Crippen molar-refractivity contribution in [3.8, 4) is 6.07 Å². The highest BCUT2D eigenvalue weighted by atomic mass is 35.5. The van der Waals surface area contributed by atoms with Gasteiger partial charge in [0.25, 0.3) is 5.91 Å². The number of rotatable bonds is 2. The zero-order valence-electron chi connectivity index (χ0n) is 10.2. The lowest BCUT2D eigenvalue weighted by molar-refractivity contribution is 0.102. The van der Waals surface area contributed by atoms with E-state index in [1.807, 2.05) is 6.07 Å². The number of benzene rings is 2. The van der Waals surface area contributed by atoms with Gasteiger partial charge in [-0.15, -0.1) is 0 Å². The predicted molar refractivity (Wildman–Crippen MR) is 80.0 cm³/mol. The largest absolute Gasteiger partial charge is 0.399 e. The second-order valence-corrected chi connectivity index (χ2v) is 4.90. The van der Waals surface area contributed by atoms with E-state index in [1.54, 1.807) is 12.1 Å². The first-order valence-electron chi connectivity index (χ1n) is 5.56. The van der Waals surface area contributed by atoms with E-state index in [0.29, 0.717) is 32.5 Å². The van der Waals surface area contributed by atoms with Crippen molar-refractivity contribution in [1.82, 2.24) is 0 Å². The average Bonchev–Trinajstić information content (AvgIpc) is 2.37. The van der Waals surface area contributed by atoms with Crippen LogP contribution in [0.2, 0.25) is 10.0 Å². The zero-order chi connectivity index (χ0) is 14.7. The molecule has 20 heavy (non-hydrogen) atoms. The van der Waals surface area contributed by atoms with Crippen molar-refractivity contribution in [3.63, 3.8) is 0 Å². The third-order valence-corrected chi connectivity index (χ3v) is 2.99. The molecular weight excluding hydrogens is 297 g/mol. The standard InChI is InChI=1S/C14H9Cl2N3O/c15-10-2-1-8(7-17)13(6-10)19-14(20)9-3-11(16)5-12(18)4-9/h1-6H,18H2,(H,19,20). The molecule has 0 bridgehead atoms. The van der Waals surface area contributed by atoms with E-state index in [4.69, 9.17) is 34.2 Å². The molecule has 2 aromatic carbocycles. The van der Waals surface area contributed by atoms with Gasteiger partial charge < -0.3 is 11.1 Å². The molecule has 2 aromatic rings. The van der Waals surface area contributed by atoms with Gasteiger partial charge >= 0.3 is 0 Å². The van der Waals surface area contributed by atoms with Crippen LogP contribution in [0.4, 0.5) is 11.4 Å². The quantitative estimate of drug-likeness (QED) is 0.830. The molecule has 0 aliphatic rings. The number of carbonyl (C=O) groups excluding carboxylic acids is 1. The van der Waals surface area contributed by atoms with Gasteiger partial charge in [0.05, 0.1) is 11.3 Å². The Balaban J connectivity index is 2.32. The number of nitrogen functional groups attached to an aromatic ring is 1. The van der Waals surface area contributed by atoms with E-state index in [-0.39, 0.29) is 0 Å². The molecule has 0 saturated heterocycles. The first kappa shape index (κ1) is 14.2. The fraction of sp³-hybridized carbons (Fsp3) is 0. The Morgan fingerprint density at radius 3 is 2.55 bits per heavy atom. The van der Waals surface area contributed by atoms with Crippen molar-refractivity contribution in [1.29, 1.82) is 5.26 Å². The Bertz CT molecular complexity index is 703. The lowest BCUT2D eigenvalue weighted by Crippen LogP contribution is -2.13. The van der Waals surface area contributed by atoms with Crippen molar-refractivity contribution < 1.29 is 4.79 Å². The summed E-state index contributed by atoms with van der Waals surface area (Å²) in [5.74, 6) is -0.419. The summed E-state index contributed by atoms with van der Waals surface area (Å²) in [6, 6.07) is 11.1. The van der Waals surface area contributed by atoms with Crippen molar-refractivity contribution in [3.05, 3.63) is 57.6 Å². The number of hydrogen-bond donors (Lipinski definition) is 2. The molecule has 3 N–H and O–H groups in total. The molecule has 0 fully saturated rings.